The van der Waals surface area contributed by atoms with E-state index in [0.29, 0.717) is 11.5 Å². The molecule has 132 valence electrons. The maximum absolute atomic E-state index is 9.54. The standard InChI is InChI=1S/2C11H9NO.Be.2H/c2*13-11-7-3-2-6-10(11)12-8-4-1-5-9-12;;;/h2*1-9H;;;/q;;+2;2*-1/p+2. The summed E-state index contributed by atoms with van der Waals surface area (Å²) in [6.07, 6.45) is 7.59. The van der Waals surface area contributed by atoms with Crippen molar-refractivity contribution in [2.45, 2.75) is 0 Å². The molecule has 0 bridgehead atoms. The molecule has 0 atom stereocenters. The van der Waals surface area contributed by atoms with Gasteiger partial charge in [-0.25, -0.2) is 0 Å². The van der Waals surface area contributed by atoms with Crippen molar-refractivity contribution in [1.29, 1.82) is 0 Å². The predicted octanol–water partition coefficient (Wildman–Crippen LogP) is 3.18. The first-order valence-electron chi connectivity index (χ1n) is 8.25. The van der Waals surface area contributed by atoms with Gasteiger partial charge in [-0.2, -0.15) is 9.13 Å². The Bertz CT molecular complexity index is 893. The first-order chi connectivity index (χ1) is 12.8. The average Bonchev–Trinajstić information content (AvgIpc) is 2.71. The normalized spacial score (nSPS) is 9.48. The first-order valence-corrected chi connectivity index (χ1v) is 8.25. The molecule has 0 saturated carbocycles. The van der Waals surface area contributed by atoms with E-state index in [4.69, 9.17) is 0 Å². The number of hydrogen-bond acceptors (Lipinski definition) is 2. The van der Waals surface area contributed by atoms with E-state index in [1.165, 1.54) is 0 Å². The summed E-state index contributed by atoms with van der Waals surface area (Å²) in [7, 11) is 0. The Balaban J connectivity index is 0.000000490. The molecular weight excluding hydrogens is 333 g/mol. The first kappa shape index (κ1) is 19.8. The van der Waals surface area contributed by atoms with Crippen molar-refractivity contribution in [3.05, 3.63) is 110 Å². The van der Waals surface area contributed by atoms with Gasteiger partial charge in [0.2, 0.25) is 0 Å². The fourth-order valence-corrected chi connectivity index (χ4v) is 2.48. The second kappa shape index (κ2) is 9.85. The topological polar surface area (TPSA) is 48.2 Å². The van der Waals surface area contributed by atoms with Crippen LogP contribution in [0.3, 0.4) is 0 Å². The Labute approximate surface area is 165 Å². The Morgan fingerprint density at radius 2 is 0.815 bits per heavy atom. The summed E-state index contributed by atoms with van der Waals surface area (Å²) in [6.45, 7) is 0. The van der Waals surface area contributed by atoms with E-state index in [1.54, 1.807) is 12.1 Å². The summed E-state index contributed by atoms with van der Waals surface area (Å²) in [6, 6.07) is 26.1. The van der Waals surface area contributed by atoms with Crippen molar-refractivity contribution in [2.24, 2.45) is 0 Å². The molecule has 0 aliphatic carbocycles. The molecule has 0 aliphatic heterocycles. The third-order valence-corrected chi connectivity index (χ3v) is 3.75. The van der Waals surface area contributed by atoms with Gasteiger partial charge in [0.15, 0.2) is 36.3 Å². The molecule has 0 radical (unpaired) electrons. The number of hydrogen-bond donors (Lipinski definition) is 2. The number of benzene rings is 2. The zero-order valence-corrected chi connectivity index (χ0v) is 14.9. The van der Waals surface area contributed by atoms with Gasteiger partial charge in [-0.3, -0.25) is 0 Å². The summed E-state index contributed by atoms with van der Waals surface area (Å²) in [5.41, 5.74) is 1.59. The Hall–Kier alpha value is -3.49. The average molecular weight is 355 g/mol. The van der Waals surface area contributed by atoms with E-state index in [2.05, 4.69) is 0 Å². The number of aromatic hydroxyl groups is 2. The molecule has 0 saturated heterocycles. The van der Waals surface area contributed by atoms with Gasteiger partial charge < -0.3 is 13.1 Å². The van der Waals surface area contributed by atoms with Crippen molar-refractivity contribution >= 4 is 10.1 Å². The second-order valence-corrected chi connectivity index (χ2v) is 5.54. The van der Waals surface area contributed by atoms with Crippen LogP contribution in [0.25, 0.3) is 11.4 Å². The van der Waals surface area contributed by atoms with E-state index < -0.39 is 0 Å². The molecule has 2 heterocycles. The van der Waals surface area contributed by atoms with Gasteiger partial charge in [-0.1, -0.05) is 36.4 Å². The number of aromatic nitrogens is 2. The van der Waals surface area contributed by atoms with E-state index >= 15 is 0 Å². The van der Waals surface area contributed by atoms with E-state index in [0.717, 1.165) is 11.4 Å². The van der Waals surface area contributed by atoms with Crippen LogP contribution < -0.4 is 9.13 Å². The minimum Gasteiger partial charge on any atom is -1.00 e. The van der Waals surface area contributed by atoms with Crippen molar-refractivity contribution in [1.82, 2.24) is 0 Å². The van der Waals surface area contributed by atoms with Crippen molar-refractivity contribution < 1.29 is 22.2 Å². The third kappa shape index (κ3) is 5.24. The van der Waals surface area contributed by atoms with E-state index in [-0.39, 0.29) is 13.0 Å². The largest absolute Gasteiger partial charge is 2.00 e. The Morgan fingerprint density at radius 1 is 0.481 bits per heavy atom. The van der Waals surface area contributed by atoms with E-state index in [9.17, 15) is 10.2 Å². The number of nitrogens with zero attached hydrogens (tertiary/aromatic N) is 2. The van der Waals surface area contributed by atoms with Crippen LogP contribution in [0.2, 0.25) is 0 Å². The minimum absolute atomic E-state index is 0. The molecule has 2 aromatic carbocycles. The molecule has 27 heavy (non-hydrogen) atoms. The van der Waals surface area contributed by atoms with Crippen LogP contribution in [0.5, 0.6) is 11.5 Å². The van der Waals surface area contributed by atoms with Gasteiger partial charge in [-0.05, 0) is 12.1 Å². The molecule has 0 spiro atoms. The summed E-state index contributed by atoms with van der Waals surface area (Å²) >= 11 is 0. The van der Waals surface area contributed by atoms with Gasteiger partial charge in [0.1, 0.15) is 0 Å². The summed E-state index contributed by atoms with van der Waals surface area (Å²) < 4.78 is 3.74. The predicted molar refractivity (Wildman–Crippen MR) is 107 cm³/mol. The Morgan fingerprint density at radius 3 is 1.15 bits per heavy atom. The van der Waals surface area contributed by atoms with Crippen LogP contribution in [0.4, 0.5) is 0 Å². The molecule has 2 N–H and O–H groups in total. The van der Waals surface area contributed by atoms with Crippen LogP contribution in [0, 0.1) is 0 Å². The van der Waals surface area contributed by atoms with Crippen LogP contribution >= 0.6 is 0 Å². The molecule has 0 fully saturated rings. The molecule has 5 heteroatoms. The number of phenolic OH excluding ortho intramolecular Hbond substituents is 2. The second-order valence-electron chi connectivity index (χ2n) is 5.54. The zero-order chi connectivity index (χ0) is 18.2. The molecule has 0 aliphatic rings. The van der Waals surface area contributed by atoms with Gasteiger partial charge in [0.05, 0.1) is 0 Å². The fraction of sp³-hybridized carbons (Fsp3) is 0. The molecule has 4 rings (SSSR count). The fourth-order valence-electron chi connectivity index (χ4n) is 2.48. The number of rotatable bonds is 2. The Kier molecular flexibility index (Phi) is 7.24. The van der Waals surface area contributed by atoms with Gasteiger partial charge in [0.25, 0.3) is 11.4 Å². The monoisotopic (exact) mass is 355 g/mol. The van der Waals surface area contributed by atoms with Crippen LogP contribution in [-0.2, 0) is 0 Å². The molecular formula is C22H22BeN2O2+2. The van der Waals surface area contributed by atoms with Crippen LogP contribution in [0.15, 0.2) is 110 Å². The smallest absolute Gasteiger partial charge is 1.00 e. The van der Waals surface area contributed by atoms with Crippen LogP contribution in [-0.4, -0.2) is 20.3 Å². The minimum atomic E-state index is 0. The number of pyridine rings is 2. The van der Waals surface area contributed by atoms with Gasteiger partial charge in [0, 0.05) is 36.4 Å². The molecule has 2 aromatic heterocycles. The van der Waals surface area contributed by atoms with Crippen molar-refractivity contribution in [2.75, 3.05) is 0 Å². The molecule has 4 nitrogen and oxygen atoms in total. The summed E-state index contributed by atoms with van der Waals surface area (Å²) in [5.74, 6) is 0.581. The zero-order valence-electron chi connectivity index (χ0n) is 16.9. The summed E-state index contributed by atoms with van der Waals surface area (Å²) in [4.78, 5) is 0. The summed E-state index contributed by atoms with van der Waals surface area (Å²) in [5, 5.41) is 19.1. The maximum Gasteiger partial charge on any atom is 2.00 e. The SMILES string of the molecule is Oc1ccccc1-[n+]1ccccc1.Oc1ccccc1-[n+]1ccccc1.[Be+2].[H-].[H-]. The number of para-hydroxylation sites is 4. The number of phenols is 2. The quantitative estimate of drug-likeness (QED) is 0.429. The maximum atomic E-state index is 9.54. The molecule has 0 unspecified atom stereocenters. The van der Waals surface area contributed by atoms with Gasteiger partial charge >= 0.3 is 10.1 Å². The van der Waals surface area contributed by atoms with Crippen molar-refractivity contribution in [3.63, 3.8) is 0 Å². The van der Waals surface area contributed by atoms with Gasteiger partial charge in [-0.15, -0.1) is 0 Å². The third-order valence-electron chi connectivity index (χ3n) is 3.75. The molecule has 0 amide bonds. The van der Waals surface area contributed by atoms with Crippen LogP contribution in [0.1, 0.15) is 2.85 Å². The molecule has 4 aromatic rings. The van der Waals surface area contributed by atoms with Crippen molar-refractivity contribution in [3.8, 4) is 22.9 Å². The van der Waals surface area contributed by atoms with E-state index in [1.807, 2.05) is 107 Å².